The Bertz CT molecular complexity index is 584. The number of rotatable bonds is 4. The highest BCUT2D eigenvalue weighted by Gasteiger charge is 2.26. The number of nitrogens with one attached hydrogen (secondary N) is 1. The van der Waals surface area contributed by atoms with Gasteiger partial charge in [0.25, 0.3) is 5.56 Å². The largest absolute Gasteiger partial charge is 0.481 e. The summed E-state index contributed by atoms with van der Waals surface area (Å²) in [6.45, 7) is 4.49. The van der Waals surface area contributed by atoms with Crippen LogP contribution in [0.2, 0.25) is 0 Å². The number of likely N-dealkylation sites (N-methyl/N-ethyl adjacent to an activating group) is 2. The van der Waals surface area contributed by atoms with Gasteiger partial charge in [0.1, 0.15) is 5.82 Å². The lowest BCUT2D eigenvalue weighted by atomic mass is 10.1. The second-order valence-electron chi connectivity index (χ2n) is 5.67. The molecule has 7 heteroatoms. The quantitative estimate of drug-likeness (QED) is 0.813. The van der Waals surface area contributed by atoms with Crippen molar-refractivity contribution in [2.75, 3.05) is 33.7 Å². The minimum absolute atomic E-state index is 0.0585. The van der Waals surface area contributed by atoms with E-state index in [1.807, 2.05) is 14.1 Å². The first-order valence-electron chi connectivity index (χ1n) is 7.08. The smallest absolute Gasteiger partial charge is 0.303 e. The molecular weight excluding hydrogens is 272 g/mol. The number of piperazine rings is 1. The molecule has 2 rings (SSSR count). The molecule has 0 aliphatic carbocycles. The van der Waals surface area contributed by atoms with Gasteiger partial charge in [-0.2, -0.15) is 0 Å². The number of aromatic amines is 1. The fourth-order valence-electron chi connectivity index (χ4n) is 2.62. The molecule has 2 N–H and O–H groups in total. The van der Waals surface area contributed by atoms with Crippen molar-refractivity contribution < 1.29 is 9.90 Å². The predicted molar refractivity (Wildman–Crippen MR) is 78.4 cm³/mol. The first-order valence-corrected chi connectivity index (χ1v) is 7.08. The van der Waals surface area contributed by atoms with E-state index in [-0.39, 0.29) is 24.4 Å². The van der Waals surface area contributed by atoms with Gasteiger partial charge in [-0.3, -0.25) is 14.5 Å². The van der Waals surface area contributed by atoms with Crippen LogP contribution in [0.25, 0.3) is 0 Å². The number of aromatic nitrogens is 2. The first-order chi connectivity index (χ1) is 9.88. The van der Waals surface area contributed by atoms with Crippen molar-refractivity contribution in [3.63, 3.8) is 0 Å². The molecule has 1 saturated heterocycles. The van der Waals surface area contributed by atoms with Crippen LogP contribution >= 0.6 is 0 Å². The maximum atomic E-state index is 12.2. The molecule has 0 spiro atoms. The molecule has 0 saturated carbocycles. The van der Waals surface area contributed by atoms with E-state index in [4.69, 9.17) is 5.11 Å². The lowest BCUT2D eigenvalue weighted by molar-refractivity contribution is -0.136. The van der Waals surface area contributed by atoms with E-state index >= 15 is 0 Å². The Balaban J connectivity index is 2.26. The number of carbonyl (C=O) groups is 1. The number of carboxylic acids is 1. The molecule has 0 radical (unpaired) electrons. The van der Waals surface area contributed by atoms with Crippen LogP contribution in [0.15, 0.2) is 4.79 Å². The monoisotopic (exact) mass is 294 g/mol. The summed E-state index contributed by atoms with van der Waals surface area (Å²) in [6.07, 6.45) is 0.154. The number of aryl methyl sites for hydroxylation is 1. The Morgan fingerprint density at radius 1 is 1.43 bits per heavy atom. The zero-order valence-electron chi connectivity index (χ0n) is 12.7. The van der Waals surface area contributed by atoms with Crippen molar-refractivity contribution in [1.29, 1.82) is 0 Å². The van der Waals surface area contributed by atoms with Crippen LogP contribution in [-0.4, -0.2) is 64.6 Å². The lowest BCUT2D eigenvalue weighted by Crippen LogP contribution is -2.46. The summed E-state index contributed by atoms with van der Waals surface area (Å²) in [4.78, 5) is 34.5. The zero-order valence-corrected chi connectivity index (χ0v) is 12.7. The molecule has 1 fully saturated rings. The molecule has 1 unspecified atom stereocenters. The summed E-state index contributed by atoms with van der Waals surface area (Å²) in [5.41, 5.74) is 0.866. The number of carboxylic acid groups (broad SMARTS) is 1. The third-order valence-corrected chi connectivity index (χ3v) is 4.00. The minimum Gasteiger partial charge on any atom is -0.481 e. The number of hydrogen-bond acceptors (Lipinski definition) is 5. The number of hydrogen-bond donors (Lipinski definition) is 2. The van der Waals surface area contributed by atoms with Gasteiger partial charge >= 0.3 is 5.97 Å². The fourth-order valence-corrected chi connectivity index (χ4v) is 2.62. The maximum absolute atomic E-state index is 12.2. The lowest BCUT2D eigenvalue weighted by Gasteiger charge is -2.37. The molecule has 116 valence electrons. The summed E-state index contributed by atoms with van der Waals surface area (Å²) in [5.74, 6) is -0.253. The van der Waals surface area contributed by atoms with Crippen molar-refractivity contribution >= 4 is 5.97 Å². The number of H-pyrrole nitrogens is 1. The van der Waals surface area contributed by atoms with Crippen molar-refractivity contribution in [1.82, 2.24) is 19.8 Å². The van der Waals surface area contributed by atoms with Crippen molar-refractivity contribution in [3.8, 4) is 0 Å². The number of nitrogens with zero attached hydrogens (tertiary/aromatic N) is 3. The van der Waals surface area contributed by atoms with Gasteiger partial charge in [-0.15, -0.1) is 0 Å². The van der Waals surface area contributed by atoms with Gasteiger partial charge in [0.2, 0.25) is 0 Å². The molecule has 21 heavy (non-hydrogen) atoms. The van der Waals surface area contributed by atoms with Crippen molar-refractivity contribution in [2.24, 2.45) is 0 Å². The SMILES string of the molecule is Cc1nc(C2CN(C)CCN2C)[nH]c(=O)c1CCC(=O)O. The highest BCUT2D eigenvalue weighted by Crippen LogP contribution is 2.20. The van der Waals surface area contributed by atoms with E-state index in [1.165, 1.54) is 0 Å². The summed E-state index contributed by atoms with van der Waals surface area (Å²) >= 11 is 0. The van der Waals surface area contributed by atoms with Crippen LogP contribution in [-0.2, 0) is 11.2 Å². The molecule has 0 aromatic carbocycles. The first kappa shape index (κ1) is 15.7. The third kappa shape index (κ3) is 3.68. The molecule has 0 bridgehead atoms. The van der Waals surface area contributed by atoms with Crippen LogP contribution < -0.4 is 5.56 Å². The average molecular weight is 294 g/mol. The van der Waals surface area contributed by atoms with Gasteiger partial charge in [-0.1, -0.05) is 0 Å². The van der Waals surface area contributed by atoms with Crippen molar-refractivity contribution in [3.05, 3.63) is 27.4 Å². The molecule has 1 aliphatic heterocycles. The second-order valence-corrected chi connectivity index (χ2v) is 5.67. The van der Waals surface area contributed by atoms with Gasteiger partial charge in [-0.25, -0.2) is 4.98 Å². The molecule has 1 atom stereocenters. The summed E-state index contributed by atoms with van der Waals surface area (Å²) < 4.78 is 0. The molecule has 0 amide bonds. The predicted octanol–water partition coefficient (Wildman–Crippen LogP) is 0.0138. The summed E-state index contributed by atoms with van der Waals surface area (Å²) in [7, 11) is 4.07. The maximum Gasteiger partial charge on any atom is 0.303 e. The Morgan fingerprint density at radius 3 is 2.76 bits per heavy atom. The van der Waals surface area contributed by atoms with E-state index in [1.54, 1.807) is 6.92 Å². The molecule has 1 aliphatic rings. The molecule has 1 aromatic rings. The summed E-state index contributed by atoms with van der Waals surface area (Å²) in [6, 6.07) is 0.0590. The Labute approximate surface area is 123 Å². The van der Waals surface area contributed by atoms with Crippen LogP contribution in [0.5, 0.6) is 0 Å². The van der Waals surface area contributed by atoms with Crippen LogP contribution in [0, 0.1) is 6.92 Å². The Kier molecular flexibility index (Phi) is 4.74. The highest BCUT2D eigenvalue weighted by atomic mass is 16.4. The van der Waals surface area contributed by atoms with E-state index in [2.05, 4.69) is 19.8 Å². The van der Waals surface area contributed by atoms with Gasteiger partial charge in [0.15, 0.2) is 0 Å². The topological polar surface area (TPSA) is 89.5 Å². The average Bonchev–Trinajstić information content (AvgIpc) is 2.40. The minimum atomic E-state index is -0.911. The van der Waals surface area contributed by atoms with E-state index in [0.717, 1.165) is 19.6 Å². The van der Waals surface area contributed by atoms with E-state index in [9.17, 15) is 9.59 Å². The normalized spacial score (nSPS) is 20.6. The van der Waals surface area contributed by atoms with Crippen LogP contribution in [0.1, 0.15) is 29.5 Å². The van der Waals surface area contributed by atoms with E-state index < -0.39 is 5.97 Å². The molecule has 1 aromatic heterocycles. The van der Waals surface area contributed by atoms with Gasteiger partial charge in [0.05, 0.1) is 6.04 Å². The molecule has 7 nitrogen and oxygen atoms in total. The summed E-state index contributed by atoms with van der Waals surface area (Å²) in [5, 5.41) is 8.73. The van der Waals surface area contributed by atoms with Gasteiger partial charge < -0.3 is 15.0 Å². The van der Waals surface area contributed by atoms with Gasteiger partial charge in [-0.05, 0) is 27.4 Å². The highest BCUT2D eigenvalue weighted by molar-refractivity contribution is 5.67. The van der Waals surface area contributed by atoms with Crippen molar-refractivity contribution in [2.45, 2.75) is 25.8 Å². The Hall–Kier alpha value is -1.73. The fraction of sp³-hybridized carbons (Fsp3) is 0.643. The van der Waals surface area contributed by atoms with E-state index in [0.29, 0.717) is 17.1 Å². The molecular formula is C14H22N4O3. The second kappa shape index (κ2) is 6.36. The third-order valence-electron chi connectivity index (χ3n) is 4.00. The van der Waals surface area contributed by atoms with Gasteiger partial charge in [0, 0.05) is 37.3 Å². The zero-order chi connectivity index (χ0) is 15.6. The molecule has 2 heterocycles. The standard InChI is InChI=1S/C14H22N4O3/c1-9-10(4-5-12(19)20)14(21)16-13(15-9)11-8-17(2)6-7-18(11)3/h11H,4-8H2,1-3H3,(H,19,20)(H,15,16,21). The van der Waals surface area contributed by atoms with Crippen LogP contribution in [0.4, 0.5) is 0 Å². The number of aliphatic carboxylic acids is 1. The van der Waals surface area contributed by atoms with Crippen LogP contribution in [0.3, 0.4) is 0 Å². The Morgan fingerprint density at radius 2 is 2.14 bits per heavy atom.